The number of carbonyl (C=O) groups is 4. The predicted octanol–water partition coefficient (Wildman–Crippen LogP) is 3.87. The zero-order valence-corrected chi connectivity index (χ0v) is 24.0. The quantitative estimate of drug-likeness (QED) is 0.302. The van der Waals surface area contributed by atoms with Crippen LogP contribution in [0.1, 0.15) is 106 Å². The first kappa shape index (κ1) is 29.6. The monoisotopic (exact) mass is 550 g/mol. The molecule has 1 saturated carbocycles. The number of nitrogens with one attached hydrogen (secondary N) is 1. The molecule has 9 nitrogen and oxygen atoms in total. The van der Waals surface area contributed by atoms with E-state index in [-0.39, 0.29) is 36.4 Å². The molecule has 2 aliphatic heterocycles. The Hall–Kier alpha value is -3.38. The average Bonchev–Trinajstić information content (AvgIpc) is 3.20. The summed E-state index contributed by atoms with van der Waals surface area (Å²) in [6.07, 6.45) is 7.58. The number of carbonyl (C=O) groups excluding carboxylic acids is 4. The summed E-state index contributed by atoms with van der Waals surface area (Å²) in [4.78, 5) is 52.9. The molecule has 4 amide bonds. The van der Waals surface area contributed by atoms with E-state index in [2.05, 4.69) is 17.2 Å². The van der Waals surface area contributed by atoms with Gasteiger partial charge in [-0.3, -0.25) is 19.7 Å². The summed E-state index contributed by atoms with van der Waals surface area (Å²) in [5.41, 5.74) is 7.83. The third kappa shape index (κ3) is 7.63. The topological polar surface area (TPSA) is 122 Å². The van der Waals surface area contributed by atoms with Crippen molar-refractivity contribution in [2.24, 2.45) is 5.73 Å². The van der Waals surface area contributed by atoms with Crippen molar-refractivity contribution in [2.75, 3.05) is 6.54 Å². The minimum absolute atomic E-state index is 0.180. The van der Waals surface area contributed by atoms with Crippen LogP contribution in [0.15, 0.2) is 18.2 Å². The average molecular weight is 551 g/mol. The fourth-order valence-electron chi connectivity index (χ4n) is 5.65. The highest BCUT2D eigenvalue weighted by molar-refractivity contribution is 6.05. The van der Waals surface area contributed by atoms with Crippen LogP contribution in [0, 0.1) is 11.8 Å². The summed E-state index contributed by atoms with van der Waals surface area (Å²) < 4.78 is 5.69. The van der Waals surface area contributed by atoms with Crippen LogP contribution in [0.3, 0.4) is 0 Å². The van der Waals surface area contributed by atoms with Gasteiger partial charge in [0.15, 0.2) is 0 Å². The minimum atomic E-state index is -0.617. The molecule has 3 N–H and O–H groups in total. The Kier molecular flexibility index (Phi) is 9.52. The Balaban J connectivity index is 1.25. The molecule has 1 aliphatic carbocycles. The molecule has 0 spiro atoms. The van der Waals surface area contributed by atoms with Crippen molar-refractivity contribution >= 4 is 23.8 Å². The van der Waals surface area contributed by atoms with Crippen LogP contribution < -0.4 is 11.1 Å². The second-order valence-electron chi connectivity index (χ2n) is 12.1. The molecule has 1 atom stereocenters. The molecule has 0 aromatic heterocycles. The Morgan fingerprint density at radius 2 is 1.85 bits per heavy atom. The molecule has 1 aromatic carbocycles. The van der Waals surface area contributed by atoms with Gasteiger partial charge in [0, 0.05) is 49.1 Å². The van der Waals surface area contributed by atoms with Gasteiger partial charge in [0.1, 0.15) is 11.6 Å². The molecule has 9 heteroatoms. The SMILES string of the molecule is CC(C)(C)OC(=O)N(CCCCCC#Cc1ccc2c(c1)CN(C1CCC(=O)NC1=O)C2=O)[C@H]1CC[C@@H](N)CC1. The Bertz CT molecular complexity index is 1190. The minimum Gasteiger partial charge on any atom is -0.444 e. The van der Waals surface area contributed by atoms with Crippen LogP contribution >= 0.6 is 0 Å². The number of nitrogens with two attached hydrogens (primary N) is 1. The molecular weight excluding hydrogens is 508 g/mol. The first-order valence-corrected chi connectivity index (χ1v) is 14.5. The fourth-order valence-corrected chi connectivity index (χ4v) is 5.65. The molecule has 0 bridgehead atoms. The van der Waals surface area contributed by atoms with Gasteiger partial charge in [0.05, 0.1) is 0 Å². The molecule has 2 fully saturated rings. The van der Waals surface area contributed by atoms with Crippen LogP contribution in [0.5, 0.6) is 0 Å². The lowest BCUT2D eigenvalue weighted by Crippen LogP contribution is -2.52. The molecular formula is C31H42N4O5. The maximum Gasteiger partial charge on any atom is 0.410 e. The molecule has 40 heavy (non-hydrogen) atoms. The van der Waals surface area contributed by atoms with E-state index in [1.807, 2.05) is 37.8 Å². The molecule has 1 unspecified atom stereocenters. The van der Waals surface area contributed by atoms with E-state index in [9.17, 15) is 19.2 Å². The number of hydrogen-bond donors (Lipinski definition) is 2. The van der Waals surface area contributed by atoms with Gasteiger partial charge in [-0.1, -0.05) is 18.3 Å². The zero-order valence-electron chi connectivity index (χ0n) is 24.0. The molecule has 2 heterocycles. The van der Waals surface area contributed by atoms with Gasteiger partial charge in [0.2, 0.25) is 11.8 Å². The van der Waals surface area contributed by atoms with Gasteiger partial charge >= 0.3 is 6.09 Å². The molecule has 3 aliphatic rings. The number of benzene rings is 1. The van der Waals surface area contributed by atoms with Crippen LogP contribution in [0.2, 0.25) is 0 Å². The highest BCUT2D eigenvalue weighted by Gasteiger charge is 2.39. The summed E-state index contributed by atoms with van der Waals surface area (Å²) >= 11 is 0. The van der Waals surface area contributed by atoms with Gasteiger partial charge in [-0.15, -0.1) is 0 Å². The number of imide groups is 1. The predicted molar refractivity (Wildman–Crippen MR) is 151 cm³/mol. The first-order valence-electron chi connectivity index (χ1n) is 14.5. The van der Waals surface area contributed by atoms with Crippen LogP contribution in [0.25, 0.3) is 0 Å². The van der Waals surface area contributed by atoms with Crippen molar-refractivity contribution in [1.82, 2.24) is 15.1 Å². The number of unbranched alkanes of at least 4 members (excludes halogenated alkanes) is 3. The first-order chi connectivity index (χ1) is 19.0. The number of fused-ring (bicyclic) bond motifs is 1. The molecule has 1 aromatic rings. The third-order valence-corrected chi connectivity index (χ3v) is 7.77. The normalized spacial score (nSPS) is 22.8. The number of ether oxygens (including phenoxy) is 1. The summed E-state index contributed by atoms with van der Waals surface area (Å²) in [7, 11) is 0. The summed E-state index contributed by atoms with van der Waals surface area (Å²) in [5.74, 6) is 5.55. The number of hydrogen-bond acceptors (Lipinski definition) is 6. The van der Waals surface area contributed by atoms with Crippen LogP contribution in [0.4, 0.5) is 4.79 Å². The van der Waals surface area contributed by atoms with Gasteiger partial charge in [-0.25, -0.2) is 4.79 Å². The molecule has 0 radical (unpaired) electrons. The van der Waals surface area contributed by atoms with Gasteiger partial charge in [-0.05, 0) is 89.5 Å². The Labute approximate surface area is 237 Å². The van der Waals surface area contributed by atoms with E-state index in [0.29, 0.717) is 25.1 Å². The third-order valence-electron chi connectivity index (χ3n) is 7.77. The van der Waals surface area contributed by atoms with Crippen molar-refractivity contribution in [3.8, 4) is 11.8 Å². The number of rotatable bonds is 7. The number of amides is 4. The van der Waals surface area contributed by atoms with E-state index in [1.165, 1.54) is 0 Å². The smallest absolute Gasteiger partial charge is 0.410 e. The van der Waals surface area contributed by atoms with Gasteiger partial charge in [0.25, 0.3) is 5.91 Å². The zero-order chi connectivity index (χ0) is 28.9. The van der Waals surface area contributed by atoms with Gasteiger partial charge < -0.3 is 20.3 Å². The summed E-state index contributed by atoms with van der Waals surface area (Å²) in [5, 5.41) is 2.33. The van der Waals surface area contributed by atoms with E-state index in [1.54, 1.807) is 11.0 Å². The molecule has 4 rings (SSSR count). The molecule has 1 saturated heterocycles. The van der Waals surface area contributed by atoms with E-state index in [4.69, 9.17) is 10.5 Å². The number of piperidine rings is 1. The Morgan fingerprint density at radius 3 is 2.55 bits per heavy atom. The highest BCUT2D eigenvalue weighted by atomic mass is 16.6. The second kappa shape index (κ2) is 12.9. The molecule has 216 valence electrons. The lowest BCUT2D eigenvalue weighted by Gasteiger charge is -2.37. The van der Waals surface area contributed by atoms with Crippen LogP contribution in [-0.2, 0) is 20.9 Å². The lowest BCUT2D eigenvalue weighted by molar-refractivity contribution is -0.136. The van der Waals surface area contributed by atoms with E-state index >= 15 is 0 Å². The summed E-state index contributed by atoms with van der Waals surface area (Å²) in [6, 6.07) is 5.33. The lowest BCUT2D eigenvalue weighted by atomic mass is 9.90. The maximum absolute atomic E-state index is 12.9. The fraction of sp³-hybridized carbons (Fsp3) is 0.613. The van der Waals surface area contributed by atoms with Crippen molar-refractivity contribution in [2.45, 2.75) is 115 Å². The largest absolute Gasteiger partial charge is 0.444 e. The van der Waals surface area contributed by atoms with E-state index in [0.717, 1.165) is 62.5 Å². The number of nitrogens with zero attached hydrogens (tertiary/aromatic N) is 2. The standard InChI is InChI=1S/C31H42N4O5/c1-31(2,3)40-30(39)34(24-13-11-23(32)12-14-24)18-8-6-4-5-7-9-21-10-15-25-22(19-21)20-35(29(25)38)26-16-17-27(36)33-28(26)37/h10,15,19,23-24,26H,4-6,8,11-14,16-18,20,32H2,1-3H3,(H,33,36,37)/t23-,24+,26?. The van der Waals surface area contributed by atoms with Gasteiger partial charge in [-0.2, -0.15) is 0 Å². The van der Waals surface area contributed by atoms with Crippen molar-refractivity contribution < 1.29 is 23.9 Å². The maximum atomic E-state index is 12.9. The van der Waals surface area contributed by atoms with Crippen molar-refractivity contribution in [3.63, 3.8) is 0 Å². The Morgan fingerprint density at radius 1 is 1.10 bits per heavy atom. The summed E-state index contributed by atoms with van der Waals surface area (Å²) in [6.45, 7) is 6.70. The van der Waals surface area contributed by atoms with Crippen molar-refractivity contribution in [1.29, 1.82) is 0 Å². The van der Waals surface area contributed by atoms with Crippen LogP contribution in [-0.4, -0.2) is 63.9 Å². The highest BCUT2D eigenvalue weighted by Crippen LogP contribution is 2.28. The second-order valence-corrected chi connectivity index (χ2v) is 12.1. The van der Waals surface area contributed by atoms with Crippen molar-refractivity contribution in [3.05, 3.63) is 34.9 Å². The van der Waals surface area contributed by atoms with E-state index < -0.39 is 17.6 Å².